The lowest BCUT2D eigenvalue weighted by Gasteiger charge is -2.19. The molecule has 1 heterocycles. The molecule has 0 radical (unpaired) electrons. The summed E-state index contributed by atoms with van der Waals surface area (Å²) in [5, 5.41) is 1.25. The third-order valence-corrected chi connectivity index (χ3v) is 4.17. The van der Waals surface area contributed by atoms with Crippen molar-refractivity contribution in [3.05, 3.63) is 12.0 Å². The van der Waals surface area contributed by atoms with Crippen LogP contribution in [-0.4, -0.2) is 29.1 Å². The molecular weight excluding hydrogens is 351 g/mol. The van der Waals surface area contributed by atoms with Crippen LogP contribution in [0.2, 0.25) is 0 Å². The van der Waals surface area contributed by atoms with Crippen LogP contribution in [0.15, 0.2) is 11.2 Å². The van der Waals surface area contributed by atoms with E-state index in [1.54, 1.807) is 0 Å². The van der Waals surface area contributed by atoms with Gasteiger partial charge in [-0.05, 0) is 20.8 Å². The summed E-state index contributed by atoms with van der Waals surface area (Å²) in [5.74, 6) is -1.34. The van der Waals surface area contributed by atoms with Gasteiger partial charge in [0.25, 0.3) is 10.0 Å². The lowest BCUT2D eigenvalue weighted by Crippen LogP contribution is -2.41. The van der Waals surface area contributed by atoms with Crippen molar-refractivity contribution >= 4 is 26.0 Å². The Balaban J connectivity index is 3.24. The van der Waals surface area contributed by atoms with Gasteiger partial charge in [0, 0.05) is 5.54 Å². The standard InChI is InChI=1S/C9H13BrF3N3O2S/c1-8(2,3)15-19(17,18)7-6(11)4-16(14-7)9(12,13)5-10/h4,15H,5H2,1-3H3. The zero-order chi connectivity index (χ0) is 15.1. The lowest BCUT2D eigenvalue weighted by atomic mass is 10.1. The summed E-state index contributed by atoms with van der Waals surface area (Å²) in [6, 6.07) is -3.52. The van der Waals surface area contributed by atoms with E-state index < -0.39 is 37.8 Å². The summed E-state index contributed by atoms with van der Waals surface area (Å²) >= 11 is 2.54. The summed E-state index contributed by atoms with van der Waals surface area (Å²) in [7, 11) is -4.30. The number of nitrogens with one attached hydrogen (secondary N) is 1. The Hall–Kier alpha value is -0.610. The Morgan fingerprint density at radius 1 is 1.42 bits per heavy atom. The molecule has 10 heteroatoms. The first kappa shape index (κ1) is 16.4. The molecule has 1 rings (SSSR count). The molecule has 0 aliphatic rings. The van der Waals surface area contributed by atoms with Gasteiger partial charge in [-0.25, -0.2) is 22.2 Å². The molecule has 0 aliphatic heterocycles. The molecule has 0 atom stereocenters. The van der Waals surface area contributed by atoms with Gasteiger partial charge in [-0.3, -0.25) is 0 Å². The minimum atomic E-state index is -4.30. The van der Waals surface area contributed by atoms with Crippen LogP contribution >= 0.6 is 15.9 Å². The summed E-state index contributed by atoms with van der Waals surface area (Å²) in [5.41, 5.74) is -0.882. The fourth-order valence-corrected chi connectivity index (χ4v) is 2.86. The SMILES string of the molecule is CC(C)(C)NS(=O)(=O)c1nn(C(F)(F)CBr)cc1F. The van der Waals surface area contributed by atoms with Crippen molar-refractivity contribution in [3.63, 3.8) is 0 Å². The molecule has 1 aromatic rings. The fourth-order valence-electron chi connectivity index (χ4n) is 1.20. The van der Waals surface area contributed by atoms with Crippen molar-refractivity contribution < 1.29 is 21.6 Å². The summed E-state index contributed by atoms with van der Waals surface area (Å²) in [6.07, 6.45) is 0.346. The van der Waals surface area contributed by atoms with Gasteiger partial charge in [-0.2, -0.15) is 13.9 Å². The van der Waals surface area contributed by atoms with Crippen LogP contribution in [-0.2, 0) is 16.1 Å². The van der Waals surface area contributed by atoms with Crippen LogP contribution in [0.4, 0.5) is 13.2 Å². The number of nitrogens with zero attached hydrogens (tertiary/aromatic N) is 2. The Labute approximate surface area is 117 Å². The Bertz CT molecular complexity index is 566. The highest BCUT2D eigenvalue weighted by Gasteiger charge is 2.35. The molecule has 0 unspecified atom stereocenters. The number of rotatable bonds is 4. The third kappa shape index (κ3) is 3.93. The lowest BCUT2D eigenvalue weighted by molar-refractivity contribution is -0.0667. The zero-order valence-electron chi connectivity index (χ0n) is 10.4. The largest absolute Gasteiger partial charge is 0.353 e. The number of sulfonamides is 1. The molecule has 1 aromatic heterocycles. The summed E-state index contributed by atoms with van der Waals surface area (Å²) in [4.78, 5) is 0. The number of hydrogen-bond donors (Lipinski definition) is 1. The van der Waals surface area contributed by atoms with Gasteiger partial charge in [0.05, 0.1) is 11.5 Å². The maximum absolute atomic E-state index is 13.5. The molecule has 0 spiro atoms. The van der Waals surface area contributed by atoms with Crippen molar-refractivity contribution in [2.75, 3.05) is 5.33 Å². The number of alkyl halides is 3. The van der Waals surface area contributed by atoms with Crippen LogP contribution in [0.5, 0.6) is 0 Å². The molecule has 0 aromatic carbocycles. The highest BCUT2D eigenvalue weighted by Crippen LogP contribution is 2.25. The van der Waals surface area contributed by atoms with E-state index >= 15 is 0 Å². The highest BCUT2D eigenvalue weighted by molar-refractivity contribution is 9.09. The van der Waals surface area contributed by atoms with Gasteiger partial charge in [0.1, 0.15) is 0 Å². The molecule has 0 amide bonds. The molecule has 110 valence electrons. The van der Waals surface area contributed by atoms with E-state index in [0.29, 0.717) is 6.20 Å². The first-order valence-corrected chi connectivity index (χ1v) is 7.73. The third-order valence-electron chi connectivity index (χ3n) is 1.83. The normalized spacial score (nSPS) is 13.8. The van der Waals surface area contributed by atoms with E-state index in [9.17, 15) is 21.6 Å². The van der Waals surface area contributed by atoms with Crippen molar-refractivity contribution in [3.8, 4) is 0 Å². The van der Waals surface area contributed by atoms with Crippen LogP contribution in [0.1, 0.15) is 20.8 Å². The second-order valence-corrected chi connectivity index (χ2v) is 7.04. The predicted molar refractivity (Wildman–Crippen MR) is 66.2 cm³/mol. The average molecular weight is 364 g/mol. The van der Waals surface area contributed by atoms with E-state index in [-0.39, 0.29) is 4.68 Å². The smallest absolute Gasteiger partial charge is 0.205 e. The molecule has 5 nitrogen and oxygen atoms in total. The quantitative estimate of drug-likeness (QED) is 0.832. The van der Waals surface area contributed by atoms with Crippen molar-refractivity contribution in [2.45, 2.75) is 37.4 Å². The molecule has 0 aliphatic carbocycles. The molecule has 0 fully saturated rings. The Kier molecular flexibility index (Phi) is 4.38. The maximum Gasteiger partial charge on any atom is 0.353 e. The highest BCUT2D eigenvalue weighted by atomic mass is 79.9. The second-order valence-electron chi connectivity index (χ2n) is 4.88. The van der Waals surface area contributed by atoms with E-state index in [1.807, 2.05) is 0 Å². The first-order valence-electron chi connectivity index (χ1n) is 5.12. The fraction of sp³-hybridized carbons (Fsp3) is 0.667. The average Bonchev–Trinajstić information content (AvgIpc) is 2.58. The van der Waals surface area contributed by atoms with Gasteiger partial charge in [0.2, 0.25) is 5.03 Å². The van der Waals surface area contributed by atoms with Gasteiger partial charge in [-0.1, -0.05) is 15.9 Å². The number of aromatic nitrogens is 2. The monoisotopic (exact) mass is 363 g/mol. The van der Waals surface area contributed by atoms with Crippen molar-refractivity contribution in [1.82, 2.24) is 14.5 Å². The molecule has 0 saturated carbocycles. The predicted octanol–water partition coefficient (Wildman–Crippen LogP) is 2.04. The van der Waals surface area contributed by atoms with Crippen LogP contribution in [0.25, 0.3) is 0 Å². The van der Waals surface area contributed by atoms with Crippen LogP contribution in [0, 0.1) is 5.82 Å². The number of halogens is 4. The van der Waals surface area contributed by atoms with Crippen molar-refractivity contribution in [1.29, 1.82) is 0 Å². The van der Waals surface area contributed by atoms with E-state index in [4.69, 9.17) is 0 Å². The molecule has 1 N–H and O–H groups in total. The molecule has 0 bridgehead atoms. The van der Waals surface area contributed by atoms with Gasteiger partial charge in [-0.15, -0.1) is 0 Å². The van der Waals surface area contributed by atoms with Gasteiger partial charge >= 0.3 is 6.05 Å². The van der Waals surface area contributed by atoms with Crippen molar-refractivity contribution in [2.24, 2.45) is 0 Å². The second kappa shape index (κ2) is 5.06. The molecular formula is C9H13BrF3N3O2S. The number of hydrogen-bond acceptors (Lipinski definition) is 3. The Morgan fingerprint density at radius 2 is 1.95 bits per heavy atom. The van der Waals surface area contributed by atoms with Gasteiger partial charge < -0.3 is 0 Å². The zero-order valence-corrected chi connectivity index (χ0v) is 12.8. The van der Waals surface area contributed by atoms with Crippen LogP contribution < -0.4 is 4.72 Å². The van der Waals surface area contributed by atoms with E-state index in [2.05, 4.69) is 25.8 Å². The minimum Gasteiger partial charge on any atom is -0.205 e. The van der Waals surface area contributed by atoms with E-state index in [0.717, 1.165) is 0 Å². The topological polar surface area (TPSA) is 64.0 Å². The van der Waals surface area contributed by atoms with Crippen LogP contribution in [0.3, 0.4) is 0 Å². The first-order chi connectivity index (χ1) is 8.39. The summed E-state index contributed by atoms with van der Waals surface area (Å²) in [6.45, 7) is 4.60. The maximum atomic E-state index is 13.5. The minimum absolute atomic E-state index is 0.0195. The Morgan fingerprint density at radius 3 is 2.37 bits per heavy atom. The van der Waals surface area contributed by atoms with E-state index in [1.165, 1.54) is 20.8 Å². The molecule has 19 heavy (non-hydrogen) atoms. The van der Waals surface area contributed by atoms with Gasteiger partial charge in [0.15, 0.2) is 5.82 Å². The summed E-state index contributed by atoms with van der Waals surface area (Å²) < 4.78 is 65.8. The molecule has 0 saturated heterocycles.